The second-order valence-corrected chi connectivity index (χ2v) is 4.79. The van der Waals surface area contributed by atoms with Crippen LogP contribution < -0.4 is 5.32 Å². The van der Waals surface area contributed by atoms with Gasteiger partial charge in [0, 0.05) is 17.5 Å². The molecule has 0 spiro atoms. The van der Waals surface area contributed by atoms with E-state index in [9.17, 15) is 19.8 Å². The van der Waals surface area contributed by atoms with Gasteiger partial charge in [-0.25, -0.2) is 4.90 Å². The summed E-state index contributed by atoms with van der Waals surface area (Å²) in [4.78, 5) is 24.3. The van der Waals surface area contributed by atoms with Gasteiger partial charge in [-0.1, -0.05) is 24.3 Å². The third kappa shape index (κ3) is 1.85. The van der Waals surface area contributed by atoms with Crippen molar-refractivity contribution in [1.82, 2.24) is 10.2 Å². The van der Waals surface area contributed by atoms with Crippen LogP contribution in [0.3, 0.4) is 0 Å². The summed E-state index contributed by atoms with van der Waals surface area (Å²) >= 11 is 0. The lowest BCUT2D eigenvalue weighted by Crippen LogP contribution is -2.52. The Hall–Kier alpha value is -1.76. The van der Waals surface area contributed by atoms with Gasteiger partial charge in [0.2, 0.25) is 11.8 Å². The van der Waals surface area contributed by atoms with Gasteiger partial charge in [0.1, 0.15) is 12.5 Å². The fourth-order valence-corrected chi connectivity index (χ4v) is 2.74. The number of fused-ring (bicyclic) bond motifs is 1. The number of nitrogens with one attached hydrogen (secondary N) is 1. The van der Waals surface area contributed by atoms with Gasteiger partial charge in [0.15, 0.2) is 0 Å². The molecule has 2 heterocycles. The maximum Gasteiger partial charge on any atom is 0.244 e. The molecular formula is C13H14N2O4. The van der Waals surface area contributed by atoms with Gasteiger partial charge >= 0.3 is 0 Å². The third-order valence-corrected chi connectivity index (χ3v) is 3.69. The summed E-state index contributed by atoms with van der Waals surface area (Å²) in [6.45, 7) is 0. The van der Waals surface area contributed by atoms with Gasteiger partial charge < -0.3 is 10.2 Å². The summed E-state index contributed by atoms with van der Waals surface area (Å²) < 4.78 is 0. The van der Waals surface area contributed by atoms with E-state index in [0.717, 1.165) is 0 Å². The fourth-order valence-electron chi connectivity index (χ4n) is 2.74. The van der Waals surface area contributed by atoms with Gasteiger partial charge in [-0.2, -0.15) is 0 Å². The van der Waals surface area contributed by atoms with E-state index in [4.69, 9.17) is 0 Å². The molecule has 1 aromatic rings. The molecule has 3 unspecified atom stereocenters. The van der Waals surface area contributed by atoms with Gasteiger partial charge in [-0.15, -0.1) is 0 Å². The van der Waals surface area contributed by atoms with Crippen molar-refractivity contribution in [1.29, 1.82) is 0 Å². The topological polar surface area (TPSA) is 89.9 Å². The van der Waals surface area contributed by atoms with Crippen LogP contribution in [0.2, 0.25) is 0 Å². The van der Waals surface area contributed by atoms with Gasteiger partial charge in [0.25, 0.3) is 0 Å². The highest BCUT2D eigenvalue weighted by Gasteiger charge is 2.44. The van der Waals surface area contributed by atoms with Crippen LogP contribution in [0.4, 0.5) is 0 Å². The molecule has 0 aliphatic carbocycles. The molecule has 3 atom stereocenters. The molecule has 2 aliphatic rings. The van der Waals surface area contributed by atoms with Crippen LogP contribution in [-0.4, -0.2) is 33.0 Å². The van der Waals surface area contributed by atoms with Crippen LogP contribution >= 0.6 is 0 Å². The molecule has 0 radical (unpaired) electrons. The number of aliphatic hydroxyl groups excluding tert-OH is 2. The lowest BCUT2D eigenvalue weighted by molar-refractivity contribution is -0.154. The number of carbonyl (C=O) groups excluding carboxylic acids is 2. The second-order valence-electron chi connectivity index (χ2n) is 4.79. The van der Waals surface area contributed by atoms with Gasteiger partial charge in [-0.05, 0) is 6.42 Å². The van der Waals surface area contributed by atoms with Crippen molar-refractivity contribution in [3.63, 3.8) is 0 Å². The Balaban J connectivity index is 1.91. The summed E-state index contributed by atoms with van der Waals surface area (Å²) in [6.07, 6.45) is -1.56. The SMILES string of the molecule is O=C1CCC(N2C(O)c3ccccc3C2O)C(=O)N1. The summed E-state index contributed by atoms with van der Waals surface area (Å²) in [5.74, 6) is -0.788. The smallest absolute Gasteiger partial charge is 0.244 e. The first-order valence-corrected chi connectivity index (χ1v) is 6.15. The Bertz CT molecular complexity index is 516. The normalized spacial score (nSPS) is 31.2. The van der Waals surface area contributed by atoms with Crippen molar-refractivity contribution < 1.29 is 19.8 Å². The minimum Gasteiger partial charge on any atom is -0.374 e. The standard InChI is InChI=1S/C13H14N2O4/c16-10-6-5-9(11(17)14-10)15-12(18)7-3-1-2-4-8(7)13(15)19/h1-4,9,12-13,18-19H,5-6H2,(H,14,16,17). The molecule has 1 aromatic carbocycles. The van der Waals surface area contributed by atoms with Crippen LogP contribution in [0, 0.1) is 0 Å². The van der Waals surface area contributed by atoms with Crippen LogP contribution in [0.5, 0.6) is 0 Å². The van der Waals surface area contributed by atoms with Crippen LogP contribution in [0.15, 0.2) is 24.3 Å². The maximum absolute atomic E-state index is 11.8. The minimum absolute atomic E-state index is 0.211. The molecule has 0 aromatic heterocycles. The van der Waals surface area contributed by atoms with E-state index in [-0.39, 0.29) is 12.3 Å². The number of aliphatic hydroxyl groups is 2. The number of hydrogen-bond acceptors (Lipinski definition) is 5. The third-order valence-electron chi connectivity index (χ3n) is 3.69. The molecule has 1 fully saturated rings. The number of piperidine rings is 1. The molecule has 2 aliphatic heterocycles. The molecule has 100 valence electrons. The van der Waals surface area contributed by atoms with E-state index in [1.165, 1.54) is 4.90 Å². The molecule has 6 heteroatoms. The summed E-state index contributed by atoms with van der Waals surface area (Å²) in [7, 11) is 0. The predicted molar refractivity (Wildman–Crippen MR) is 64.4 cm³/mol. The number of amides is 2. The average Bonchev–Trinajstić information content (AvgIpc) is 2.64. The Morgan fingerprint density at radius 1 is 1.11 bits per heavy atom. The largest absolute Gasteiger partial charge is 0.374 e. The molecule has 19 heavy (non-hydrogen) atoms. The predicted octanol–water partition coefficient (Wildman–Crippen LogP) is -0.211. The van der Waals surface area contributed by atoms with E-state index in [1.54, 1.807) is 24.3 Å². The highest BCUT2D eigenvalue weighted by Crippen LogP contribution is 2.41. The second kappa shape index (κ2) is 4.41. The first kappa shape index (κ1) is 12.3. The quantitative estimate of drug-likeness (QED) is 0.609. The molecule has 3 N–H and O–H groups in total. The zero-order valence-electron chi connectivity index (χ0n) is 10.1. The molecule has 6 nitrogen and oxygen atoms in total. The molecule has 1 saturated heterocycles. The Labute approximate surface area is 109 Å². The number of benzene rings is 1. The van der Waals surface area contributed by atoms with Crippen LogP contribution in [-0.2, 0) is 9.59 Å². The monoisotopic (exact) mass is 262 g/mol. The van der Waals surface area contributed by atoms with Crippen LogP contribution in [0.1, 0.15) is 36.4 Å². The van der Waals surface area contributed by atoms with E-state index in [1.807, 2.05) is 0 Å². The van der Waals surface area contributed by atoms with Crippen molar-refractivity contribution >= 4 is 11.8 Å². The molecule has 3 rings (SSSR count). The Kier molecular flexibility index (Phi) is 2.85. The van der Waals surface area contributed by atoms with Gasteiger partial charge in [-0.3, -0.25) is 14.9 Å². The van der Waals surface area contributed by atoms with Crippen molar-refractivity contribution in [3.05, 3.63) is 35.4 Å². The van der Waals surface area contributed by atoms with Crippen molar-refractivity contribution in [2.24, 2.45) is 0 Å². The highest BCUT2D eigenvalue weighted by molar-refractivity contribution is 6.00. The molecular weight excluding hydrogens is 248 g/mol. The van der Waals surface area contributed by atoms with Crippen molar-refractivity contribution in [2.45, 2.75) is 31.3 Å². The molecule has 0 bridgehead atoms. The minimum atomic E-state index is -1.03. The zero-order valence-corrected chi connectivity index (χ0v) is 10.1. The maximum atomic E-state index is 11.8. The average molecular weight is 262 g/mol. The van der Waals surface area contributed by atoms with Crippen molar-refractivity contribution in [2.75, 3.05) is 0 Å². The number of nitrogens with zero attached hydrogens (tertiary/aromatic N) is 1. The van der Waals surface area contributed by atoms with E-state index >= 15 is 0 Å². The highest BCUT2D eigenvalue weighted by atomic mass is 16.3. The first-order valence-electron chi connectivity index (χ1n) is 6.15. The number of rotatable bonds is 1. The Morgan fingerprint density at radius 3 is 2.21 bits per heavy atom. The lowest BCUT2D eigenvalue weighted by atomic mass is 10.0. The van der Waals surface area contributed by atoms with Gasteiger partial charge in [0.05, 0.1) is 6.04 Å². The zero-order chi connectivity index (χ0) is 13.6. The van der Waals surface area contributed by atoms with E-state index < -0.39 is 24.4 Å². The fraction of sp³-hybridized carbons (Fsp3) is 0.385. The summed E-state index contributed by atoms with van der Waals surface area (Å²) in [5, 5.41) is 22.7. The number of hydrogen-bond donors (Lipinski definition) is 3. The van der Waals surface area contributed by atoms with Crippen LogP contribution in [0.25, 0.3) is 0 Å². The van der Waals surface area contributed by atoms with E-state index in [0.29, 0.717) is 17.5 Å². The number of imide groups is 1. The molecule has 2 amide bonds. The Morgan fingerprint density at radius 2 is 1.68 bits per heavy atom. The van der Waals surface area contributed by atoms with Crippen molar-refractivity contribution in [3.8, 4) is 0 Å². The molecule has 0 saturated carbocycles. The lowest BCUT2D eigenvalue weighted by Gasteiger charge is -2.34. The summed E-state index contributed by atoms with van der Waals surface area (Å²) in [6, 6.07) is 6.27. The summed E-state index contributed by atoms with van der Waals surface area (Å²) in [5.41, 5.74) is 1.19. The van der Waals surface area contributed by atoms with E-state index in [2.05, 4.69) is 5.32 Å². The first-order chi connectivity index (χ1) is 9.09. The number of carbonyl (C=O) groups is 2.